The SMILES string of the molecule is CCC(C(=O)Nc1ccc2nc(-c3cscn3)[nH]c2c1)c1ccccc1. The second kappa shape index (κ2) is 7.09. The van der Waals surface area contributed by atoms with Gasteiger partial charge in [-0.1, -0.05) is 37.3 Å². The molecule has 2 aromatic carbocycles. The van der Waals surface area contributed by atoms with E-state index in [4.69, 9.17) is 0 Å². The third-order valence-corrected chi connectivity index (χ3v) is 4.94. The second-order valence-electron chi connectivity index (χ2n) is 6.05. The van der Waals surface area contributed by atoms with Crippen molar-refractivity contribution in [3.05, 3.63) is 65.0 Å². The number of benzene rings is 2. The zero-order valence-corrected chi connectivity index (χ0v) is 15.1. The van der Waals surface area contributed by atoms with E-state index < -0.39 is 0 Å². The minimum Gasteiger partial charge on any atom is -0.337 e. The Morgan fingerprint density at radius 3 is 2.81 bits per heavy atom. The Labute approximate surface area is 155 Å². The molecule has 0 radical (unpaired) electrons. The van der Waals surface area contributed by atoms with E-state index in [1.54, 1.807) is 5.51 Å². The molecule has 0 aliphatic carbocycles. The molecule has 0 saturated carbocycles. The van der Waals surface area contributed by atoms with Gasteiger partial charge in [-0.05, 0) is 30.2 Å². The van der Waals surface area contributed by atoms with Crippen LogP contribution in [0.15, 0.2) is 59.4 Å². The summed E-state index contributed by atoms with van der Waals surface area (Å²) in [6, 6.07) is 15.6. The summed E-state index contributed by atoms with van der Waals surface area (Å²) < 4.78 is 0. The molecule has 0 bridgehead atoms. The Balaban J connectivity index is 1.57. The molecule has 1 unspecified atom stereocenters. The molecule has 0 fully saturated rings. The molecule has 5 nitrogen and oxygen atoms in total. The second-order valence-corrected chi connectivity index (χ2v) is 6.77. The molecule has 0 aliphatic heterocycles. The highest BCUT2D eigenvalue weighted by atomic mass is 32.1. The van der Waals surface area contributed by atoms with Crippen LogP contribution in [0.3, 0.4) is 0 Å². The maximum Gasteiger partial charge on any atom is 0.231 e. The van der Waals surface area contributed by atoms with Crippen molar-refractivity contribution in [2.24, 2.45) is 0 Å². The molecular formula is C20H18N4OS. The van der Waals surface area contributed by atoms with Crippen LogP contribution in [-0.4, -0.2) is 20.9 Å². The average molecular weight is 362 g/mol. The van der Waals surface area contributed by atoms with Gasteiger partial charge >= 0.3 is 0 Å². The van der Waals surface area contributed by atoms with Gasteiger partial charge in [-0.2, -0.15) is 0 Å². The molecule has 0 saturated heterocycles. The summed E-state index contributed by atoms with van der Waals surface area (Å²) in [5.41, 5.74) is 6.11. The van der Waals surface area contributed by atoms with Crippen molar-refractivity contribution in [2.45, 2.75) is 19.3 Å². The summed E-state index contributed by atoms with van der Waals surface area (Å²) in [7, 11) is 0. The van der Waals surface area contributed by atoms with Gasteiger partial charge in [0.05, 0.1) is 22.5 Å². The molecule has 2 aromatic heterocycles. The topological polar surface area (TPSA) is 70.7 Å². The molecule has 4 rings (SSSR count). The van der Waals surface area contributed by atoms with Crippen LogP contribution in [0.1, 0.15) is 24.8 Å². The van der Waals surface area contributed by atoms with Crippen LogP contribution in [0.25, 0.3) is 22.6 Å². The number of amides is 1. The quantitative estimate of drug-likeness (QED) is 0.535. The number of carbonyl (C=O) groups is 1. The van der Waals surface area contributed by atoms with Gasteiger partial charge in [-0.25, -0.2) is 9.97 Å². The number of rotatable bonds is 5. The lowest BCUT2D eigenvalue weighted by Crippen LogP contribution is -2.20. The van der Waals surface area contributed by atoms with Crippen LogP contribution >= 0.6 is 11.3 Å². The van der Waals surface area contributed by atoms with Gasteiger partial charge in [-0.15, -0.1) is 11.3 Å². The number of fused-ring (bicyclic) bond motifs is 1. The molecule has 0 aliphatic rings. The molecule has 4 aromatic rings. The zero-order chi connectivity index (χ0) is 17.9. The van der Waals surface area contributed by atoms with Gasteiger partial charge in [0.2, 0.25) is 5.91 Å². The first kappa shape index (κ1) is 16.5. The van der Waals surface area contributed by atoms with Crippen LogP contribution in [0.5, 0.6) is 0 Å². The molecule has 6 heteroatoms. The third kappa shape index (κ3) is 3.23. The number of aromatic nitrogens is 3. The number of carbonyl (C=O) groups excluding carboxylic acids is 1. The minimum absolute atomic E-state index is 0.00251. The molecule has 2 heterocycles. The maximum atomic E-state index is 12.7. The molecule has 130 valence electrons. The largest absolute Gasteiger partial charge is 0.337 e. The van der Waals surface area contributed by atoms with Crippen LogP contribution in [0.4, 0.5) is 5.69 Å². The van der Waals surface area contributed by atoms with Crippen LogP contribution in [0, 0.1) is 0 Å². The summed E-state index contributed by atoms with van der Waals surface area (Å²) in [6.45, 7) is 2.02. The Morgan fingerprint density at radius 1 is 1.23 bits per heavy atom. The number of hydrogen-bond donors (Lipinski definition) is 2. The molecule has 0 spiro atoms. The van der Waals surface area contributed by atoms with Crippen molar-refractivity contribution in [1.29, 1.82) is 0 Å². The normalized spacial score (nSPS) is 12.2. The van der Waals surface area contributed by atoms with E-state index in [-0.39, 0.29) is 11.8 Å². The van der Waals surface area contributed by atoms with Gasteiger partial charge < -0.3 is 10.3 Å². The smallest absolute Gasteiger partial charge is 0.231 e. The van der Waals surface area contributed by atoms with Crippen LogP contribution in [0.2, 0.25) is 0 Å². The van der Waals surface area contributed by atoms with E-state index in [0.29, 0.717) is 0 Å². The Hall–Kier alpha value is -2.99. The number of nitrogens with one attached hydrogen (secondary N) is 2. The first-order valence-corrected chi connectivity index (χ1v) is 9.43. The third-order valence-electron chi connectivity index (χ3n) is 4.35. The Morgan fingerprint density at radius 2 is 2.08 bits per heavy atom. The summed E-state index contributed by atoms with van der Waals surface area (Å²) in [4.78, 5) is 24.8. The number of H-pyrrole nitrogens is 1. The van der Waals surface area contributed by atoms with Gasteiger partial charge in [0, 0.05) is 11.1 Å². The van der Waals surface area contributed by atoms with Gasteiger partial charge in [0.1, 0.15) is 5.69 Å². The lowest BCUT2D eigenvalue weighted by molar-refractivity contribution is -0.117. The van der Waals surface area contributed by atoms with Crippen molar-refractivity contribution in [3.63, 3.8) is 0 Å². The zero-order valence-electron chi connectivity index (χ0n) is 14.3. The number of hydrogen-bond acceptors (Lipinski definition) is 4. The Bertz CT molecular complexity index is 1020. The van der Waals surface area contributed by atoms with Gasteiger partial charge in [0.25, 0.3) is 0 Å². The standard InChI is InChI=1S/C20H18N4OS/c1-2-15(13-6-4-3-5-7-13)20(25)22-14-8-9-16-17(10-14)24-19(23-16)18-11-26-12-21-18/h3-12,15H,2H2,1H3,(H,22,25)(H,23,24). The van der Waals surface area contributed by atoms with Crippen molar-refractivity contribution in [1.82, 2.24) is 15.0 Å². The molecule has 1 atom stereocenters. The van der Waals surface area contributed by atoms with E-state index in [1.807, 2.05) is 60.8 Å². The molecular weight excluding hydrogens is 344 g/mol. The highest BCUT2D eigenvalue weighted by Crippen LogP contribution is 2.25. The van der Waals surface area contributed by atoms with E-state index in [9.17, 15) is 4.79 Å². The number of aromatic amines is 1. The highest BCUT2D eigenvalue weighted by Gasteiger charge is 2.18. The van der Waals surface area contributed by atoms with Crippen molar-refractivity contribution < 1.29 is 4.79 Å². The molecule has 2 N–H and O–H groups in total. The summed E-state index contributed by atoms with van der Waals surface area (Å²) >= 11 is 1.53. The van der Waals surface area contributed by atoms with E-state index >= 15 is 0 Å². The lowest BCUT2D eigenvalue weighted by atomic mass is 9.95. The minimum atomic E-state index is -0.167. The highest BCUT2D eigenvalue weighted by molar-refractivity contribution is 7.07. The molecule has 26 heavy (non-hydrogen) atoms. The van der Waals surface area contributed by atoms with E-state index in [2.05, 4.69) is 20.3 Å². The predicted octanol–water partition coefficient (Wildman–Crippen LogP) is 4.82. The van der Waals surface area contributed by atoms with Gasteiger partial charge in [0.15, 0.2) is 5.82 Å². The number of imidazole rings is 1. The van der Waals surface area contributed by atoms with E-state index in [1.165, 1.54) is 11.3 Å². The first-order valence-electron chi connectivity index (χ1n) is 8.48. The fourth-order valence-corrected chi connectivity index (χ4v) is 3.56. The monoisotopic (exact) mass is 362 g/mol. The average Bonchev–Trinajstić information content (AvgIpc) is 3.32. The maximum absolute atomic E-state index is 12.7. The summed E-state index contributed by atoms with van der Waals surface area (Å²) in [6.07, 6.45) is 0.746. The van der Waals surface area contributed by atoms with Crippen LogP contribution in [-0.2, 0) is 4.79 Å². The molecule has 1 amide bonds. The summed E-state index contributed by atoms with van der Waals surface area (Å²) in [5.74, 6) is 0.567. The number of thiazole rings is 1. The number of anilines is 1. The fraction of sp³-hybridized carbons (Fsp3) is 0.150. The van der Waals surface area contributed by atoms with Crippen molar-refractivity contribution in [2.75, 3.05) is 5.32 Å². The van der Waals surface area contributed by atoms with Crippen molar-refractivity contribution in [3.8, 4) is 11.5 Å². The first-order chi connectivity index (χ1) is 12.7. The van der Waals surface area contributed by atoms with E-state index in [0.717, 1.165) is 40.2 Å². The Kier molecular flexibility index (Phi) is 4.50. The summed E-state index contributed by atoms with van der Waals surface area (Å²) in [5, 5.41) is 4.98. The lowest BCUT2D eigenvalue weighted by Gasteiger charge is -2.15. The number of nitrogens with zero attached hydrogens (tertiary/aromatic N) is 2. The predicted molar refractivity (Wildman–Crippen MR) is 105 cm³/mol. The fourth-order valence-electron chi connectivity index (χ4n) is 3.03. The van der Waals surface area contributed by atoms with Crippen molar-refractivity contribution >= 4 is 34.0 Å². The van der Waals surface area contributed by atoms with Crippen LogP contribution < -0.4 is 5.32 Å². The van der Waals surface area contributed by atoms with Gasteiger partial charge in [-0.3, -0.25) is 4.79 Å².